The number of cyclic esters (lactones) is 1. The Morgan fingerprint density at radius 1 is 1.33 bits per heavy atom. The first-order chi connectivity index (χ1) is 14.2. The van der Waals surface area contributed by atoms with E-state index in [1.807, 2.05) is 11.8 Å². The van der Waals surface area contributed by atoms with E-state index in [9.17, 15) is 18.8 Å². The highest BCUT2D eigenvalue weighted by atomic mass is 19.1. The Labute approximate surface area is 174 Å². The van der Waals surface area contributed by atoms with Crippen LogP contribution in [0.15, 0.2) is 18.2 Å². The van der Waals surface area contributed by atoms with Gasteiger partial charge in [0, 0.05) is 33.6 Å². The fraction of sp³-hybridized carbons (Fsp3) is 0.550. The molecule has 3 atom stereocenters. The third-order valence-corrected chi connectivity index (χ3v) is 5.78. The number of likely N-dealkylation sites (N-methyl/N-ethyl adjacent to an activating group) is 1. The summed E-state index contributed by atoms with van der Waals surface area (Å²) in [4.78, 5) is 39.5. The lowest BCUT2D eigenvalue weighted by Gasteiger charge is -2.22. The molecular formula is C20H27FN4O5. The van der Waals surface area contributed by atoms with Crippen LogP contribution in [0, 0.1) is 17.7 Å². The number of nitrogens with zero attached hydrogens (tertiary/aromatic N) is 3. The highest BCUT2D eigenvalue weighted by Gasteiger charge is 2.37. The molecule has 2 aliphatic rings. The fourth-order valence-electron chi connectivity index (χ4n) is 3.78. The Hall–Kier alpha value is -2.88. The van der Waals surface area contributed by atoms with Crippen LogP contribution in [0.1, 0.15) is 13.8 Å². The number of carbonyl (C=O) groups excluding carboxylic acids is 3. The van der Waals surface area contributed by atoms with Crippen LogP contribution < -0.4 is 15.1 Å². The van der Waals surface area contributed by atoms with Crippen molar-refractivity contribution < 1.29 is 28.6 Å². The predicted molar refractivity (Wildman–Crippen MR) is 107 cm³/mol. The van der Waals surface area contributed by atoms with Crippen LogP contribution in [-0.4, -0.2) is 74.0 Å². The molecule has 1 unspecified atom stereocenters. The summed E-state index contributed by atoms with van der Waals surface area (Å²) in [5, 5.41) is 11.5. The molecule has 0 aliphatic carbocycles. The average Bonchev–Trinajstić information content (AvgIpc) is 3.27. The van der Waals surface area contributed by atoms with Crippen molar-refractivity contribution >= 4 is 29.3 Å². The lowest BCUT2D eigenvalue weighted by molar-refractivity contribution is -0.134. The van der Waals surface area contributed by atoms with Crippen molar-refractivity contribution in [3.8, 4) is 0 Å². The molecule has 164 valence electrons. The molecule has 0 saturated carbocycles. The van der Waals surface area contributed by atoms with Crippen LogP contribution >= 0.6 is 0 Å². The van der Waals surface area contributed by atoms with Gasteiger partial charge in [-0.15, -0.1) is 0 Å². The van der Waals surface area contributed by atoms with Gasteiger partial charge < -0.3 is 25.0 Å². The summed E-state index contributed by atoms with van der Waals surface area (Å²) in [5.41, 5.74) is 0.784. The molecule has 0 bridgehead atoms. The van der Waals surface area contributed by atoms with E-state index in [1.54, 1.807) is 19.2 Å². The molecule has 3 rings (SSSR count). The number of halogens is 1. The smallest absolute Gasteiger partial charge is 0.416 e. The normalized spacial score (nSPS) is 23.5. The quantitative estimate of drug-likeness (QED) is 0.702. The number of anilines is 2. The van der Waals surface area contributed by atoms with E-state index in [2.05, 4.69) is 5.32 Å². The van der Waals surface area contributed by atoms with Gasteiger partial charge in [-0.1, -0.05) is 6.92 Å². The minimum atomic E-state index is -0.716. The van der Waals surface area contributed by atoms with E-state index in [4.69, 9.17) is 9.84 Å². The second-order valence-corrected chi connectivity index (χ2v) is 7.82. The number of aliphatic hydroxyl groups excluding tert-OH is 1. The maximum absolute atomic E-state index is 14.9. The molecule has 2 saturated heterocycles. The predicted octanol–water partition coefficient (Wildman–Crippen LogP) is 0.767. The molecule has 9 nitrogen and oxygen atoms in total. The van der Waals surface area contributed by atoms with Crippen LogP contribution in [0.25, 0.3) is 0 Å². The largest absolute Gasteiger partial charge is 0.423 e. The summed E-state index contributed by atoms with van der Waals surface area (Å²) in [6.45, 7) is 4.61. The van der Waals surface area contributed by atoms with Gasteiger partial charge in [0.1, 0.15) is 12.4 Å². The van der Waals surface area contributed by atoms with Gasteiger partial charge >= 0.3 is 6.09 Å². The number of nitrogens with one attached hydrogen (secondary N) is 1. The van der Waals surface area contributed by atoms with Crippen LogP contribution in [-0.2, 0) is 14.3 Å². The Bertz CT molecular complexity index is 835. The fourth-order valence-corrected chi connectivity index (χ4v) is 3.78. The summed E-state index contributed by atoms with van der Waals surface area (Å²) in [6.07, 6.45) is -1.35. The standard InChI is InChI=1S/C20H27FN4O5/c1-12-8-24(9-14(12)7-22-18(28)11-26)17-5-4-15(6-16(17)21)25-10-19(30-20(25)29)23(3)13(2)27/h4-6,12,14,19,26H,7-11H2,1-3H3,(H,22,28)/t12-,14-,19?/m1/s1. The molecular weight excluding hydrogens is 395 g/mol. The summed E-state index contributed by atoms with van der Waals surface area (Å²) < 4.78 is 20.1. The maximum atomic E-state index is 14.9. The Balaban J connectivity index is 1.68. The van der Waals surface area contributed by atoms with E-state index < -0.39 is 30.7 Å². The molecule has 1 aromatic carbocycles. The van der Waals surface area contributed by atoms with Crippen molar-refractivity contribution in [2.24, 2.45) is 11.8 Å². The Morgan fingerprint density at radius 2 is 2.07 bits per heavy atom. The Kier molecular flexibility index (Phi) is 6.45. The van der Waals surface area contributed by atoms with Crippen molar-refractivity contribution in [3.63, 3.8) is 0 Å². The van der Waals surface area contributed by atoms with Crippen molar-refractivity contribution in [2.45, 2.75) is 20.1 Å². The van der Waals surface area contributed by atoms with Gasteiger partial charge in [-0.3, -0.25) is 14.5 Å². The van der Waals surface area contributed by atoms with Gasteiger partial charge in [-0.25, -0.2) is 9.18 Å². The molecule has 2 N–H and O–H groups in total. The maximum Gasteiger partial charge on any atom is 0.416 e. The van der Waals surface area contributed by atoms with Crippen LogP contribution in [0.4, 0.5) is 20.6 Å². The monoisotopic (exact) mass is 422 g/mol. The highest BCUT2D eigenvalue weighted by Crippen LogP contribution is 2.33. The van der Waals surface area contributed by atoms with Crippen LogP contribution in [0.3, 0.4) is 0 Å². The van der Waals surface area contributed by atoms with Crippen LogP contribution in [0.2, 0.25) is 0 Å². The van der Waals surface area contributed by atoms with Crippen molar-refractivity contribution in [1.29, 1.82) is 0 Å². The molecule has 2 aliphatic heterocycles. The van der Waals surface area contributed by atoms with Crippen molar-refractivity contribution in [2.75, 3.05) is 49.6 Å². The van der Waals surface area contributed by atoms with Gasteiger partial charge in [0.15, 0.2) is 6.23 Å². The molecule has 1 aromatic rings. The molecule has 30 heavy (non-hydrogen) atoms. The molecule has 10 heteroatoms. The number of ether oxygens (including phenoxy) is 1. The van der Waals surface area contributed by atoms with Gasteiger partial charge in [0.2, 0.25) is 11.8 Å². The molecule has 0 aromatic heterocycles. The van der Waals surface area contributed by atoms with E-state index in [-0.39, 0.29) is 24.3 Å². The zero-order chi connectivity index (χ0) is 22.0. The summed E-state index contributed by atoms with van der Waals surface area (Å²) in [6, 6.07) is 4.57. The highest BCUT2D eigenvalue weighted by molar-refractivity contribution is 5.90. The zero-order valence-corrected chi connectivity index (χ0v) is 17.3. The SMILES string of the molecule is CC(=O)N(C)C1CN(c2ccc(N3C[C@@H](CNC(=O)CO)[C@H](C)C3)c(F)c2)C(=O)O1. The average molecular weight is 422 g/mol. The third kappa shape index (κ3) is 4.48. The van der Waals surface area contributed by atoms with Crippen molar-refractivity contribution in [1.82, 2.24) is 10.2 Å². The summed E-state index contributed by atoms with van der Waals surface area (Å²) >= 11 is 0. The minimum absolute atomic E-state index is 0.126. The second-order valence-electron chi connectivity index (χ2n) is 7.82. The molecule has 0 spiro atoms. The molecule has 2 fully saturated rings. The first-order valence-electron chi connectivity index (χ1n) is 9.84. The van der Waals surface area contributed by atoms with Crippen LogP contribution in [0.5, 0.6) is 0 Å². The third-order valence-electron chi connectivity index (χ3n) is 5.78. The second kappa shape index (κ2) is 8.86. The van der Waals surface area contributed by atoms with E-state index in [1.165, 1.54) is 22.8 Å². The number of amides is 3. The summed E-state index contributed by atoms with van der Waals surface area (Å²) in [5.74, 6) is -0.752. The summed E-state index contributed by atoms with van der Waals surface area (Å²) in [7, 11) is 1.54. The van der Waals surface area contributed by atoms with Gasteiger partial charge in [0.05, 0.1) is 17.9 Å². The Morgan fingerprint density at radius 3 is 2.70 bits per heavy atom. The van der Waals surface area contributed by atoms with E-state index in [0.29, 0.717) is 31.0 Å². The lowest BCUT2D eigenvalue weighted by Crippen LogP contribution is -2.38. The lowest BCUT2D eigenvalue weighted by atomic mass is 9.98. The number of hydrogen-bond donors (Lipinski definition) is 2. The van der Waals surface area contributed by atoms with Gasteiger partial charge in [-0.05, 0) is 30.0 Å². The first-order valence-corrected chi connectivity index (χ1v) is 9.84. The minimum Gasteiger partial charge on any atom is -0.423 e. The number of hydrogen-bond acceptors (Lipinski definition) is 6. The zero-order valence-electron chi connectivity index (χ0n) is 17.3. The van der Waals surface area contributed by atoms with Gasteiger partial charge in [0.25, 0.3) is 0 Å². The first kappa shape index (κ1) is 21.8. The molecule has 0 radical (unpaired) electrons. The molecule has 2 heterocycles. The number of carbonyl (C=O) groups is 3. The van der Waals surface area contributed by atoms with E-state index >= 15 is 0 Å². The number of aliphatic hydroxyl groups is 1. The number of benzene rings is 1. The van der Waals surface area contributed by atoms with Crippen molar-refractivity contribution in [3.05, 3.63) is 24.0 Å². The topological polar surface area (TPSA) is 102 Å². The molecule has 3 amide bonds. The van der Waals surface area contributed by atoms with E-state index in [0.717, 1.165) is 0 Å². The number of rotatable bonds is 6. The van der Waals surface area contributed by atoms with Gasteiger partial charge in [-0.2, -0.15) is 0 Å².